The molecule has 1 rings (SSSR count). The molecule has 1 N–H and O–H groups in total. The summed E-state index contributed by atoms with van der Waals surface area (Å²) in [4.78, 5) is 0. The second-order valence-electron chi connectivity index (χ2n) is 4.13. The van der Waals surface area contributed by atoms with Crippen molar-refractivity contribution in [3.63, 3.8) is 0 Å². The van der Waals surface area contributed by atoms with Crippen LogP contribution in [-0.2, 0) is 6.18 Å². The molecule has 1 nitrogen and oxygen atoms in total. The van der Waals surface area contributed by atoms with E-state index in [0.717, 1.165) is 12.1 Å². The molecule has 0 aliphatic carbocycles. The Labute approximate surface area is 107 Å². The smallest absolute Gasteiger partial charge is 0.388 e. The van der Waals surface area contributed by atoms with Crippen LogP contribution in [-0.4, -0.2) is 16.1 Å². The van der Waals surface area contributed by atoms with E-state index in [1.165, 1.54) is 11.8 Å². The van der Waals surface area contributed by atoms with Crippen LogP contribution in [0.4, 0.5) is 17.6 Å². The van der Waals surface area contributed by atoms with Crippen LogP contribution in [0.2, 0.25) is 0 Å². The first-order valence-corrected chi connectivity index (χ1v) is 6.43. The number of halogens is 4. The molecule has 0 aliphatic rings. The van der Waals surface area contributed by atoms with Crippen LogP contribution >= 0.6 is 11.8 Å². The molecule has 1 unspecified atom stereocenters. The average Bonchev–Trinajstić information content (AvgIpc) is 2.23. The molecule has 0 bridgehead atoms. The molecule has 102 valence electrons. The molecular formula is C12H14F4OS. The Balaban J connectivity index is 2.84. The SMILES string of the molecule is CC(C)SCC(O)c1ccc(C(F)(F)F)c(F)c1. The Morgan fingerprint density at radius 1 is 1.28 bits per heavy atom. The maximum Gasteiger partial charge on any atom is 0.419 e. The first-order valence-electron chi connectivity index (χ1n) is 5.38. The highest BCUT2D eigenvalue weighted by Gasteiger charge is 2.34. The zero-order valence-corrected chi connectivity index (χ0v) is 10.8. The normalized spacial score (nSPS) is 14.0. The molecule has 0 aliphatic heterocycles. The van der Waals surface area contributed by atoms with E-state index in [4.69, 9.17) is 0 Å². The molecule has 1 atom stereocenters. The fourth-order valence-corrected chi connectivity index (χ4v) is 2.11. The van der Waals surface area contributed by atoms with Crippen molar-refractivity contribution in [1.82, 2.24) is 0 Å². The van der Waals surface area contributed by atoms with Crippen LogP contribution < -0.4 is 0 Å². The lowest BCUT2D eigenvalue weighted by Crippen LogP contribution is -2.10. The number of benzene rings is 1. The highest BCUT2D eigenvalue weighted by Crippen LogP contribution is 2.32. The van der Waals surface area contributed by atoms with Gasteiger partial charge in [0, 0.05) is 5.75 Å². The summed E-state index contributed by atoms with van der Waals surface area (Å²) in [6.45, 7) is 3.87. The number of hydrogen-bond acceptors (Lipinski definition) is 2. The van der Waals surface area contributed by atoms with Crippen molar-refractivity contribution >= 4 is 11.8 Å². The molecule has 0 amide bonds. The van der Waals surface area contributed by atoms with E-state index in [0.29, 0.717) is 17.1 Å². The standard InChI is InChI=1S/C12H14F4OS/c1-7(2)18-6-11(17)8-3-4-9(10(13)5-8)12(14,15)16/h3-5,7,11,17H,6H2,1-2H3. The van der Waals surface area contributed by atoms with Crippen molar-refractivity contribution < 1.29 is 22.7 Å². The van der Waals surface area contributed by atoms with Gasteiger partial charge in [0.05, 0.1) is 11.7 Å². The minimum atomic E-state index is -4.71. The summed E-state index contributed by atoms with van der Waals surface area (Å²) in [6, 6.07) is 2.51. The maximum atomic E-state index is 13.3. The van der Waals surface area contributed by atoms with Gasteiger partial charge in [-0.1, -0.05) is 19.9 Å². The molecule has 1 aromatic rings. The van der Waals surface area contributed by atoms with Gasteiger partial charge in [0.15, 0.2) is 0 Å². The molecular weight excluding hydrogens is 268 g/mol. The zero-order valence-electron chi connectivity index (χ0n) is 9.96. The Hall–Kier alpha value is -0.750. The number of aliphatic hydroxyl groups excluding tert-OH is 1. The van der Waals surface area contributed by atoms with Crippen LogP contribution in [0.3, 0.4) is 0 Å². The predicted molar refractivity (Wildman–Crippen MR) is 64.0 cm³/mol. The Kier molecular flexibility index (Phi) is 5.04. The van der Waals surface area contributed by atoms with Crippen molar-refractivity contribution in [1.29, 1.82) is 0 Å². The number of aliphatic hydroxyl groups is 1. The predicted octanol–water partition coefficient (Wildman–Crippen LogP) is 4.02. The lowest BCUT2D eigenvalue weighted by Gasteiger charge is -2.14. The molecule has 0 fully saturated rings. The third kappa shape index (κ3) is 4.17. The highest BCUT2D eigenvalue weighted by atomic mass is 32.2. The largest absolute Gasteiger partial charge is 0.419 e. The lowest BCUT2D eigenvalue weighted by molar-refractivity contribution is -0.140. The van der Waals surface area contributed by atoms with Crippen molar-refractivity contribution in [2.45, 2.75) is 31.4 Å². The van der Waals surface area contributed by atoms with Crippen LogP contribution in [0.5, 0.6) is 0 Å². The van der Waals surface area contributed by atoms with Gasteiger partial charge in [-0.05, 0) is 22.9 Å². The Morgan fingerprint density at radius 2 is 1.89 bits per heavy atom. The van der Waals surface area contributed by atoms with Crippen LogP contribution in [0.15, 0.2) is 18.2 Å². The monoisotopic (exact) mass is 282 g/mol. The molecule has 0 heterocycles. The van der Waals surface area contributed by atoms with Gasteiger partial charge in [-0.3, -0.25) is 0 Å². The summed E-state index contributed by atoms with van der Waals surface area (Å²) in [5.74, 6) is -1.03. The van der Waals surface area contributed by atoms with Gasteiger partial charge in [-0.15, -0.1) is 0 Å². The third-order valence-electron chi connectivity index (χ3n) is 2.27. The van der Waals surface area contributed by atoms with Crippen LogP contribution in [0.25, 0.3) is 0 Å². The van der Waals surface area contributed by atoms with Crippen molar-refractivity contribution in [2.75, 3.05) is 5.75 Å². The quantitative estimate of drug-likeness (QED) is 0.842. The fourth-order valence-electron chi connectivity index (χ4n) is 1.35. The summed E-state index contributed by atoms with van der Waals surface area (Å²) in [5, 5.41) is 10.0. The second kappa shape index (κ2) is 5.93. The van der Waals surface area contributed by atoms with Gasteiger partial charge in [-0.25, -0.2) is 4.39 Å². The van der Waals surface area contributed by atoms with Crippen molar-refractivity contribution in [3.05, 3.63) is 35.1 Å². The van der Waals surface area contributed by atoms with Crippen molar-refractivity contribution in [3.8, 4) is 0 Å². The zero-order chi connectivity index (χ0) is 13.9. The lowest BCUT2D eigenvalue weighted by atomic mass is 10.1. The van der Waals surface area contributed by atoms with E-state index in [1.807, 2.05) is 13.8 Å². The van der Waals surface area contributed by atoms with Gasteiger partial charge in [0.2, 0.25) is 0 Å². The molecule has 0 saturated carbocycles. The van der Waals surface area contributed by atoms with Crippen LogP contribution in [0.1, 0.15) is 31.1 Å². The minimum absolute atomic E-state index is 0.161. The molecule has 0 saturated heterocycles. The number of hydrogen-bond donors (Lipinski definition) is 1. The summed E-state index contributed by atoms with van der Waals surface area (Å²) < 4.78 is 50.3. The first-order chi connectivity index (χ1) is 8.21. The van der Waals surface area contributed by atoms with Crippen molar-refractivity contribution in [2.24, 2.45) is 0 Å². The number of thioether (sulfide) groups is 1. The van der Waals surface area contributed by atoms with Gasteiger partial charge < -0.3 is 5.11 Å². The Bertz CT molecular complexity index is 404. The van der Waals surface area contributed by atoms with Gasteiger partial charge in [0.25, 0.3) is 0 Å². The van der Waals surface area contributed by atoms with E-state index in [2.05, 4.69) is 0 Å². The summed E-state index contributed by atoms with van der Waals surface area (Å²) >= 11 is 1.46. The average molecular weight is 282 g/mol. The third-order valence-corrected chi connectivity index (χ3v) is 3.45. The molecule has 6 heteroatoms. The van der Waals surface area contributed by atoms with E-state index in [-0.39, 0.29) is 5.56 Å². The molecule has 18 heavy (non-hydrogen) atoms. The summed E-state index contributed by atoms with van der Waals surface area (Å²) in [7, 11) is 0. The van der Waals surface area contributed by atoms with Gasteiger partial charge in [-0.2, -0.15) is 24.9 Å². The van der Waals surface area contributed by atoms with Crippen LogP contribution in [0, 0.1) is 5.82 Å². The van der Waals surface area contributed by atoms with Gasteiger partial charge >= 0.3 is 6.18 Å². The highest BCUT2D eigenvalue weighted by molar-refractivity contribution is 7.99. The fraction of sp³-hybridized carbons (Fsp3) is 0.500. The maximum absolute atomic E-state index is 13.3. The van der Waals surface area contributed by atoms with Gasteiger partial charge in [0.1, 0.15) is 5.82 Å². The van der Waals surface area contributed by atoms with E-state index in [9.17, 15) is 22.7 Å². The number of rotatable bonds is 4. The molecule has 0 aromatic heterocycles. The van der Waals surface area contributed by atoms with E-state index in [1.54, 1.807) is 0 Å². The summed E-state index contributed by atoms with van der Waals surface area (Å²) in [6.07, 6.45) is -5.67. The number of alkyl halides is 3. The second-order valence-corrected chi connectivity index (χ2v) is 5.74. The van der Waals surface area contributed by atoms with E-state index < -0.39 is 23.7 Å². The Morgan fingerprint density at radius 3 is 2.33 bits per heavy atom. The molecule has 0 radical (unpaired) electrons. The summed E-state index contributed by atoms with van der Waals surface area (Å²) in [5.41, 5.74) is -1.15. The minimum Gasteiger partial charge on any atom is -0.388 e. The molecule has 1 aromatic carbocycles. The topological polar surface area (TPSA) is 20.2 Å². The van der Waals surface area contributed by atoms with E-state index >= 15 is 0 Å². The molecule has 0 spiro atoms. The first kappa shape index (κ1) is 15.3.